The highest BCUT2D eigenvalue weighted by Gasteiger charge is 2.23. The maximum Gasteiger partial charge on any atom is 0.335 e. The van der Waals surface area contributed by atoms with Crippen LogP contribution in [0.3, 0.4) is 0 Å². The summed E-state index contributed by atoms with van der Waals surface area (Å²) in [5.41, 5.74) is 1.10. The molecular weight excluding hydrogens is 228 g/mol. The molecule has 98 valence electrons. The van der Waals surface area contributed by atoms with Crippen LogP contribution in [0.15, 0.2) is 12.1 Å². The number of rotatable bonds is 4. The molecule has 0 spiro atoms. The van der Waals surface area contributed by atoms with Crippen molar-refractivity contribution in [2.24, 2.45) is 5.92 Å². The number of hydrogen-bond donors (Lipinski definition) is 1. The van der Waals surface area contributed by atoms with Crippen molar-refractivity contribution in [2.45, 2.75) is 33.1 Å². The second-order valence-electron chi connectivity index (χ2n) is 5.05. The molecule has 1 unspecified atom stereocenters. The third-order valence-corrected chi connectivity index (χ3v) is 3.49. The molecule has 2 heterocycles. The first-order valence-electron chi connectivity index (χ1n) is 6.57. The van der Waals surface area contributed by atoms with Gasteiger partial charge in [0.1, 0.15) is 5.82 Å². The lowest BCUT2D eigenvalue weighted by Gasteiger charge is -2.18. The molecule has 0 aliphatic carbocycles. The van der Waals surface area contributed by atoms with Gasteiger partial charge >= 0.3 is 5.97 Å². The Morgan fingerprint density at radius 2 is 2.33 bits per heavy atom. The molecular formula is C14H20N2O2. The highest BCUT2D eigenvalue weighted by atomic mass is 16.4. The highest BCUT2D eigenvalue weighted by Crippen LogP contribution is 2.26. The first kappa shape index (κ1) is 12.9. The summed E-state index contributed by atoms with van der Waals surface area (Å²) in [5, 5.41) is 9.07. The number of aryl methyl sites for hydroxylation is 1. The van der Waals surface area contributed by atoms with Gasteiger partial charge in [0.25, 0.3) is 0 Å². The molecule has 2 rings (SSSR count). The quantitative estimate of drug-likeness (QED) is 0.890. The Labute approximate surface area is 108 Å². The zero-order valence-corrected chi connectivity index (χ0v) is 11.0. The fraction of sp³-hybridized carbons (Fsp3) is 0.571. The summed E-state index contributed by atoms with van der Waals surface area (Å²) in [5.74, 6) is 0.655. The molecule has 18 heavy (non-hydrogen) atoms. The zero-order chi connectivity index (χ0) is 13.1. The van der Waals surface area contributed by atoms with Crippen molar-refractivity contribution in [3.05, 3.63) is 23.4 Å². The Balaban J connectivity index is 2.16. The Hall–Kier alpha value is -1.58. The molecule has 0 saturated carbocycles. The van der Waals surface area contributed by atoms with Gasteiger partial charge in [-0.3, -0.25) is 0 Å². The number of anilines is 1. The van der Waals surface area contributed by atoms with E-state index in [0.29, 0.717) is 5.56 Å². The number of aromatic nitrogens is 1. The van der Waals surface area contributed by atoms with E-state index in [4.69, 9.17) is 5.11 Å². The standard InChI is InChI=1S/C14H20N2O2/c1-3-4-11-5-6-16(9-11)13-8-12(14(17)18)7-10(2)15-13/h7-8,11H,3-6,9H2,1-2H3,(H,17,18). The third-order valence-electron chi connectivity index (χ3n) is 3.49. The van der Waals surface area contributed by atoms with E-state index in [1.807, 2.05) is 6.92 Å². The molecule has 0 radical (unpaired) electrons. The maximum atomic E-state index is 11.0. The van der Waals surface area contributed by atoms with Gasteiger partial charge in [0.05, 0.1) is 5.56 Å². The molecule has 1 saturated heterocycles. The second-order valence-corrected chi connectivity index (χ2v) is 5.05. The van der Waals surface area contributed by atoms with E-state index in [9.17, 15) is 4.79 Å². The lowest BCUT2D eigenvalue weighted by molar-refractivity contribution is 0.0696. The van der Waals surface area contributed by atoms with Crippen LogP contribution in [-0.4, -0.2) is 29.1 Å². The van der Waals surface area contributed by atoms with Gasteiger partial charge in [-0.25, -0.2) is 9.78 Å². The highest BCUT2D eigenvalue weighted by molar-refractivity contribution is 5.88. The number of nitrogens with zero attached hydrogens (tertiary/aromatic N) is 2. The van der Waals surface area contributed by atoms with E-state index in [0.717, 1.165) is 30.5 Å². The minimum atomic E-state index is -0.883. The number of carboxylic acids is 1. The van der Waals surface area contributed by atoms with Gasteiger partial charge in [0.2, 0.25) is 0 Å². The summed E-state index contributed by atoms with van der Waals surface area (Å²) in [4.78, 5) is 17.7. The van der Waals surface area contributed by atoms with Crippen molar-refractivity contribution in [3.8, 4) is 0 Å². The summed E-state index contributed by atoms with van der Waals surface area (Å²) in [7, 11) is 0. The molecule has 1 N–H and O–H groups in total. The maximum absolute atomic E-state index is 11.0. The normalized spacial score (nSPS) is 19.2. The van der Waals surface area contributed by atoms with Crippen LogP contribution in [0.5, 0.6) is 0 Å². The van der Waals surface area contributed by atoms with Gasteiger partial charge in [-0.2, -0.15) is 0 Å². The van der Waals surface area contributed by atoms with E-state index in [-0.39, 0.29) is 0 Å². The van der Waals surface area contributed by atoms with Gasteiger partial charge in [-0.05, 0) is 37.8 Å². The molecule has 4 heteroatoms. The van der Waals surface area contributed by atoms with E-state index in [2.05, 4.69) is 16.8 Å². The Kier molecular flexibility index (Phi) is 3.84. The van der Waals surface area contributed by atoms with Gasteiger partial charge in [0.15, 0.2) is 0 Å². The van der Waals surface area contributed by atoms with E-state index >= 15 is 0 Å². The summed E-state index contributed by atoms with van der Waals surface area (Å²) >= 11 is 0. The van der Waals surface area contributed by atoms with E-state index in [1.165, 1.54) is 19.3 Å². The summed E-state index contributed by atoms with van der Waals surface area (Å²) in [6.07, 6.45) is 3.64. The minimum Gasteiger partial charge on any atom is -0.478 e. The predicted molar refractivity (Wildman–Crippen MR) is 71.2 cm³/mol. The van der Waals surface area contributed by atoms with Gasteiger partial charge in [-0.15, -0.1) is 0 Å². The molecule has 0 amide bonds. The third kappa shape index (κ3) is 2.81. The lowest BCUT2D eigenvalue weighted by Crippen LogP contribution is -2.21. The van der Waals surface area contributed by atoms with Crippen molar-refractivity contribution < 1.29 is 9.90 Å². The fourth-order valence-electron chi connectivity index (χ4n) is 2.62. The molecule has 1 fully saturated rings. The predicted octanol–water partition coefficient (Wildman–Crippen LogP) is 2.71. The average molecular weight is 248 g/mol. The van der Waals surface area contributed by atoms with Gasteiger partial charge in [0, 0.05) is 18.8 Å². The first-order chi connectivity index (χ1) is 8.60. The fourth-order valence-corrected chi connectivity index (χ4v) is 2.62. The van der Waals surface area contributed by atoms with Crippen LogP contribution in [0.2, 0.25) is 0 Å². The van der Waals surface area contributed by atoms with Crippen molar-refractivity contribution in [1.82, 2.24) is 4.98 Å². The molecule has 1 aromatic rings. The molecule has 4 nitrogen and oxygen atoms in total. The van der Waals surface area contributed by atoms with Crippen LogP contribution in [-0.2, 0) is 0 Å². The largest absolute Gasteiger partial charge is 0.478 e. The SMILES string of the molecule is CCCC1CCN(c2cc(C(=O)O)cc(C)n2)C1. The van der Waals surface area contributed by atoms with Crippen molar-refractivity contribution in [1.29, 1.82) is 0 Å². The number of carboxylic acid groups (broad SMARTS) is 1. The topological polar surface area (TPSA) is 53.4 Å². The minimum absolute atomic E-state index is 0.330. The monoisotopic (exact) mass is 248 g/mol. The summed E-state index contributed by atoms with van der Waals surface area (Å²) < 4.78 is 0. The molecule has 1 aliphatic heterocycles. The second kappa shape index (κ2) is 5.38. The van der Waals surface area contributed by atoms with Crippen LogP contribution in [0.1, 0.15) is 42.2 Å². The van der Waals surface area contributed by atoms with Gasteiger partial charge < -0.3 is 10.0 Å². The number of pyridine rings is 1. The van der Waals surface area contributed by atoms with Crippen LogP contribution in [0, 0.1) is 12.8 Å². The van der Waals surface area contributed by atoms with E-state index < -0.39 is 5.97 Å². The van der Waals surface area contributed by atoms with Crippen LogP contribution in [0.25, 0.3) is 0 Å². The molecule has 0 bridgehead atoms. The Morgan fingerprint density at radius 3 is 3.00 bits per heavy atom. The number of carbonyl (C=O) groups is 1. The average Bonchev–Trinajstić information content (AvgIpc) is 2.77. The Bertz CT molecular complexity index is 445. The number of aromatic carboxylic acids is 1. The van der Waals surface area contributed by atoms with Crippen LogP contribution in [0.4, 0.5) is 5.82 Å². The van der Waals surface area contributed by atoms with Crippen LogP contribution < -0.4 is 4.90 Å². The summed E-state index contributed by atoms with van der Waals surface area (Å²) in [6, 6.07) is 3.30. The Morgan fingerprint density at radius 1 is 1.56 bits per heavy atom. The molecule has 1 aliphatic rings. The smallest absolute Gasteiger partial charge is 0.335 e. The molecule has 0 aromatic carbocycles. The molecule has 1 aromatic heterocycles. The summed E-state index contributed by atoms with van der Waals surface area (Å²) in [6.45, 7) is 6.04. The molecule has 1 atom stereocenters. The number of hydrogen-bond acceptors (Lipinski definition) is 3. The van der Waals surface area contributed by atoms with E-state index in [1.54, 1.807) is 12.1 Å². The van der Waals surface area contributed by atoms with Gasteiger partial charge in [-0.1, -0.05) is 13.3 Å². The van der Waals surface area contributed by atoms with Crippen molar-refractivity contribution in [2.75, 3.05) is 18.0 Å². The van der Waals surface area contributed by atoms with Crippen LogP contribution >= 0.6 is 0 Å². The van der Waals surface area contributed by atoms with Crippen molar-refractivity contribution >= 4 is 11.8 Å². The van der Waals surface area contributed by atoms with Crippen molar-refractivity contribution in [3.63, 3.8) is 0 Å². The first-order valence-corrected chi connectivity index (χ1v) is 6.57. The lowest BCUT2D eigenvalue weighted by atomic mass is 10.0. The zero-order valence-electron chi connectivity index (χ0n) is 11.0.